The number of thiazole rings is 1. The Balaban J connectivity index is 1.52. The molecule has 1 aliphatic heterocycles. The molecule has 28 heavy (non-hydrogen) atoms. The summed E-state index contributed by atoms with van der Waals surface area (Å²) in [5.41, 5.74) is 1.35. The minimum Gasteiger partial charge on any atom is -0.495 e. The van der Waals surface area contributed by atoms with Crippen LogP contribution < -0.4 is 14.4 Å². The number of amides is 1. The van der Waals surface area contributed by atoms with Crippen LogP contribution in [0.2, 0.25) is 5.02 Å². The van der Waals surface area contributed by atoms with Crippen LogP contribution in [0.4, 0.5) is 5.13 Å². The number of aromatic nitrogens is 1. The van der Waals surface area contributed by atoms with Crippen LogP contribution >= 0.6 is 22.9 Å². The third-order valence-corrected chi connectivity index (χ3v) is 6.30. The van der Waals surface area contributed by atoms with Gasteiger partial charge in [0, 0.05) is 26.2 Å². The van der Waals surface area contributed by atoms with Gasteiger partial charge in [0.1, 0.15) is 21.7 Å². The van der Waals surface area contributed by atoms with E-state index < -0.39 is 0 Å². The predicted molar refractivity (Wildman–Crippen MR) is 112 cm³/mol. The molecule has 0 bridgehead atoms. The highest BCUT2D eigenvalue weighted by Crippen LogP contribution is 2.40. The van der Waals surface area contributed by atoms with Gasteiger partial charge in [0.05, 0.1) is 24.8 Å². The fourth-order valence-corrected chi connectivity index (χ4v) is 4.66. The van der Waals surface area contributed by atoms with Crippen LogP contribution in [-0.4, -0.2) is 56.2 Å². The zero-order chi connectivity index (χ0) is 19.7. The lowest BCUT2D eigenvalue weighted by atomic mass is 10.2. The summed E-state index contributed by atoms with van der Waals surface area (Å²) in [6, 6.07) is 10.9. The third kappa shape index (κ3) is 3.36. The molecule has 0 aliphatic carbocycles. The molecule has 0 atom stereocenters. The van der Waals surface area contributed by atoms with Gasteiger partial charge in [-0.15, -0.1) is 0 Å². The first-order valence-electron chi connectivity index (χ1n) is 8.92. The SMILES string of the molecule is COc1ccc(OC)c2sc(N3CCN(C(=O)c4ccccc4Cl)CC3)nc12. The molecule has 0 saturated carbocycles. The number of carbonyl (C=O) groups is 1. The average molecular weight is 418 g/mol. The highest BCUT2D eigenvalue weighted by atomic mass is 35.5. The lowest BCUT2D eigenvalue weighted by Gasteiger charge is -2.34. The topological polar surface area (TPSA) is 54.9 Å². The molecule has 0 spiro atoms. The molecule has 2 heterocycles. The average Bonchev–Trinajstić information content (AvgIpc) is 3.18. The number of nitrogens with zero attached hydrogens (tertiary/aromatic N) is 3. The Bertz CT molecular complexity index is 974. The largest absolute Gasteiger partial charge is 0.495 e. The molecule has 0 N–H and O–H groups in total. The Labute approximate surface area is 172 Å². The van der Waals surface area contributed by atoms with E-state index in [1.807, 2.05) is 29.2 Å². The minimum absolute atomic E-state index is 0.0297. The molecule has 1 fully saturated rings. The highest BCUT2D eigenvalue weighted by molar-refractivity contribution is 7.22. The lowest BCUT2D eigenvalue weighted by Crippen LogP contribution is -2.48. The molecular weight excluding hydrogens is 398 g/mol. The van der Waals surface area contributed by atoms with Gasteiger partial charge in [-0.2, -0.15) is 0 Å². The Morgan fingerprint density at radius 3 is 2.39 bits per heavy atom. The molecule has 1 aromatic heterocycles. The molecule has 0 radical (unpaired) electrons. The van der Waals surface area contributed by atoms with Gasteiger partial charge >= 0.3 is 0 Å². The number of fused-ring (bicyclic) bond motifs is 1. The van der Waals surface area contributed by atoms with E-state index >= 15 is 0 Å². The van der Waals surface area contributed by atoms with Crippen molar-refractivity contribution in [1.29, 1.82) is 0 Å². The number of hydrogen-bond donors (Lipinski definition) is 0. The van der Waals surface area contributed by atoms with Gasteiger partial charge < -0.3 is 19.3 Å². The molecule has 8 heteroatoms. The van der Waals surface area contributed by atoms with Crippen LogP contribution in [0.25, 0.3) is 10.2 Å². The van der Waals surface area contributed by atoms with E-state index in [0.29, 0.717) is 36.8 Å². The predicted octanol–water partition coefficient (Wildman–Crippen LogP) is 3.93. The Hall–Kier alpha value is -2.51. The van der Waals surface area contributed by atoms with Gasteiger partial charge in [0.15, 0.2) is 5.13 Å². The Morgan fingerprint density at radius 1 is 1.04 bits per heavy atom. The molecule has 1 amide bonds. The molecule has 6 nitrogen and oxygen atoms in total. The van der Waals surface area contributed by atoms with Crippen LogP contribution in [0.5, 0.6) is 11.5 Å². The zero-order valence-corrected chi connectivity index (χ0v) is 17.2. The Kier molecular flexibility index (Phi) is 5.28. The van der Waals surface area contributed by atoms with E-state index in [1.165, 1.54) is 0 Å². The van der Waals surface area contributed by atoms with Gasteiger partial charge in [-0.25, -0.2) is 4.98 Å². The van der Waals surface area contributed by atoms with Crippen molar-refractivity contribution in [3.63, 3.8) is 0 Å². The minimum atomic E-state index is -0.0297. The summed E-state index contributed by atoms with van der Waals surface area (Å²) in [6.45, 7) is 2.66. The number of halogens is 1. The van der Waals surface area contributed by atoms with Crippen molar-refractivity contribution in [1.82, 2.24) is 9.88 Å². The van der Waals surface area contributed by atoms with Gasteiger partial charge in [-0.1, -0.05) is 35.1 Å². The fraction of sp³-hybridized carbons (Fsp3) is 0.300. The second-order valence-electron chi connectivity index (χ2n) is 6.40. The molecule has 1 aliphatic rings. The summed E-state index contributed by atoms with van der Waals surface area (Å²) in [4.78, 5) is 21.6. The summed E-state index contributed by atoms with van der Waals surface area (Å²) in [7, 11) is 3.29. The van der Waals surface area contributed by atoms with Crippen LogP contribution in [-0.2, 0) is 0 Å². The summed E-state index contributed by atoms with van der Waals surface area (Å²) in [5.74, 6) is 1.48. The molecular formula is C20H20ClN3O3S. The third-order valence-electron chi connectivity index (χ3n) is 4.84. The Morgan fingerprint density at radius 2 is 1.71 bits per heavy atom. The summed E-state index contributed by atoms with van der Waals surface area (Å²) in [6.07, 6.45) is 0. The van der Waals surface area contributed by atoms with E-state index in [1.54, 1.807) is 37.7 Å². The van der Waals surface area contributed by atoms with Crippen molar-refractivity contribution in [3.05, 3.63) is 47.0 Å². The number of benzene rings is 2. The van der Waals surface area contributed by atoms with Crippen molar-refractivity contribution in [3.8, 4) is 11.5 Å². The molecule has 146 valence electrons. The fourth-order valence-electron chi connectivity index (χ4n) is 3.32. The van der Waals surface area contributed by atoms with Gasteiger partial charge in [-0.05, 0) is 24.3 Å². The van der Waals surface area contributed by atoms with E-state index in [-0.39, 0.29) is 5.91 Å². The molecule has 2 aromatic carbocycles. The zero-order valence-electron chi connectivity index (χ0n) is 15.6. The first-order chi connectivity index (χ1) is 13.6. The molecule has 4 rings (SSSR count). The van der Waals surface area contributed by atoms with E-state index in [2.05, 4.69) is 4.90 Å². The van der Waals surface area contributed by atoms with Crippen molar-refractivity contribution in [2.24, 2.45) is 0 Å². The van der Waals surface area contributed by atoms with Crippen LogP contribution in [0.1, 0.15) is 10.4 Å². The van der Waals surface area contributed by atoms with Crippen molar-refractivity contribution < 1.29 is 14.3 Å². The van der Waals surface area contributed by atoms with E-state index in [0.717, 1.165) is 26.8 Å². The number of carbonyl (C=O) groups excluding carboxylic acids is 1. The smallest absolute Gasteiger partial charge is 0.255 e. The first-order valence-corrected chi connectivity index (χ1v) is 10.1. The second-order valence-corrected chi connectivity index (χ2v) is 7.79. The highest BCUT2D eigenvalue weighted by Gasteiger charge is 2.26. The van der Waals surface area contributed by atoms with Crippen molar-refractivity contribution >= 4 is 44.2 Å². The quantitative estimate of drug-likeness (QED) is 0.643. The second kappa shape index (κ2) is 7.85. The molecule has 1 saturated heterocycles. The molecule has 0 unspecified atom stereocenters. The van der Waals surface area contributed by atoms with Gasteiger partial charge in [0.25, 0.3) is 5.91 Å². The van der Waals surface area contributed by atoms with E-state index in [4.69, 9.17) is 26.1 Å². The number of ether oxygens (including phenoxy) is 2. The normalized spacial score (nSPS) is 14.4. The number of rotatable bonds is 4. The molecule has 3 aromatic rings. The monoisotopic (exact) mass is 417 g/mol. The van der Waals surface area contributed by atoms with Gasteiger partial charge in [0.2, 0.25) is 0 Å². The number of methoxy groups -OCH3 is 2. The van der Waals surface area contributed by atoms with Crippen molar-refractivity contribution in [2.45, 2.75) is 0 Å². The lowest BCUT2D eigenvalue weighted by molar-refractivity contribution is 0.0747. The first kappa shape index (κ1) is 18.8. The van der Waals surface area contributed by atoms with E-state index in [9.17, 15) is 4.79 Å². The van der Waals surface area contributed by atoms with Gasteiger partial charge in [-0.3, -0.25) is 4.79 Å². The maximum atomic E-state index is 12.7. The summed E-state index contributed by atoms with van der Waals surface area (Å²) >= 11 is 7.75. The van der Waals surface area contributed by atoms with Crippen molar-refractivity contribution in [2.75, 3.05) is 45.3 Å². The summed E-state index contributed by atoms with van der Waals surface area (Å²) < 4.78 is 11.9. The number of hydrogen-bond acceptors (Lipinski definition) is 6. The standard InChI is InChI=1S/C20H20ClN3O3S/c1-26-15-7-8-16(27-2)18-17(15)22-20(28-18)24-11-9-23(10-12-24)19(25)13-5-3-4-6-14(13)21/h3-8H,9-12H2,1-2H3. The number of piperazine rings is 1. The van der Waals surface area contributed by atoms with Crippen LogP contribution in [0.3, 0.4) is 0 Å². The summed E-state index contributed by atoms with van der Waals surface area (Å²) in [5, 5.41) is 1.39. The number of anilines is 1. The van der Waals surface area contributed by atoms with Crippen LogP contribution in [0.15, 0.2) is 36.4 Å². The van der Waals surface area contributed by atoms with Crippen LogP contribution in [0, 0.1) is 0 Å². The maximum absolute atomic E-state index is 12.7. The maximum Gasteiger partial charge on any atom is 0.255 e.